The second-order valence-corrected chi connectivity index (χ2v) is 10.2. The van der Waals surface area contributed by atoms with Crippen LogP contribution in [0.1, 0.15) is 59.3 Å². The number of urea groups is 1. The molecule has 28 heavy (non-hydrogen) atoms. The number of amides is 4. The van der Waals surface area contributed by atoms with Gasteiger partial charge in [-0.1, -0.05) is 12.8 Å². The zero-order chi connectivity index (χ0) is 20.2. The average molecular weight is 393 g/mol. The Morgan fingerprint density at radius 3 is 2.39 bits per heavy atom. The van der Waals surface area contributed by atoms with Crippen molar-refractivity contribution in [3.63, 3.8) is 0 Å². The van der Waals surface area contributed by atoms with Gasteiger partial charge >= 0.3 is 12.1 Å². The fourth-order valence-electron chi connectivity index (χ4n) is 5.35. The van der Waals surface area contributed by atoms with Crippen LogP contribution in [-0.2, 0) is 9.53 Å². The second kappa shape index (κ2) is 6.61. The summed E-state index contributed by atoms with van der Waals surface area (Å²) < 4.78 is 5.72. The predicted octanol–water partition coefficient (Wildman–Crippen LogP) is 1.84. The number of rotatable bonds is 2. The van der Waals surface area contributed by atoms with Gasteiger partial charge in [-0.3, -0.25) is 15.0 Å². The van der Waals surface area contributed by atoms with Gasteiger partial charge in [0.25, 0.3) is 5.91 Å². The van der Waals surface area contributed by atoms with Crippen LogP contribution in [0.2, 0.25) is 0 Å². The number of piperidine rings is 1. The quantitative estimate of drug-likeness (QED) is 0.700. The van der Waals surface area contributed by atoms with Gasteiger partial charge < -0.3 is 15.0 Å². The van der Waals surface area contributed by atoms with Crippen molar-refractivity contribution < 1.29 is 19.1 Å². The zero-order valence-corrected chi connectivity index (χ0v) is 17.2. The molecule has 0 bridgehead atoms. The van der Waals surface area contributed by atoms with Crippen LogP contribution in [0.4, 0.5) is 9.59 Å². The normalized spacial score (nSPS) is 29.0. The molecule has 3 aliphatic heterocycles. The van der Waals surface area contributed by atoms with E-state index in [0.717, 1.165) is 19.4 Å². The van der Waals surface area contributed by atoms with E-state index >= 15 is 0 Å². The number of hydrogen-bond donors (Lipinski definition) is 2. The fourth-order valence-corrected chi connectivity index (χ4v) is 5.35. The van der Waals surface area contributed by atoms with E-state index in [0.29, 0.717) is 19.6 Å². The first kappa shape index (κ1) is 19.5. The number of hydrogen-bond acceptors (Lipinski definition) is 5. The molecule has 2 spiro atoms. The molecular weight excluding hydrogens is 360 g/mol. The maximum atomic E-state index is 13.0. The summed E-state index contributed by atoms with van der Waals surface area (Å²) in [5.41, 5.74) is -1.05. The molecule has 1 saturated carbocycles. The molecule has 4 amide bonds. The molecule has 0 radical (unpaired) electrons. The van der Waals surface area contributed by atoms with Gasteiger partial charge in [-0.15, -0.1) is 0 Å². The fraction of sp³-hybridized carbons (Fsp3) is 0.850. The Bertz CT molecular complexity index is 674. The van der Waals surface area contributed by atoms with Crippen molar-refractivity contribution in [2.24, 2.45) is 5.41 Å². The summed E-state index contributed by atoms with van der Waals surface area (Å²) in [7, 11) is 0. The van der Waals surface area contributed by atoms with Crippen LogP contribution in [0.5, 0.6) is 0 Å². The van der Waals surface area contributed by atoms with Gasteiger partial charge in [0, 0.05) is 32.2 Å². The highest BCUT2D eigenvalue weighted by Crippen LogP contribution is 2.46. The minimum Gasteiger partial charge on any atom is -0.444 e. The van der Waals surface area contributed by atoms with Crippen molar-refractivity contribution in [2.75, 3.05) is 26.2 Å². The summed E-state index contributed by atoms with van der Waals surface area (Å²) in [5.74, 6) is -0.244. The molecule has 1 unspecified atom stereocenters. The van der Waals surface area contributed by atoms with Crippen LogP contribution >= 0.6 is 0 Å². The summed E-state index contributed by atoms with van der Waals surface area (Å²) in [6.45, 7) is 8.16. The third-order valence-corrected chi connectivity index (χ3v) is 6.72. The summed E-state index contributed by atoms with van der Waals surface area (Å²) >= 11 is 0. The van der Waals surface area contributed by atoms with Crippen LogP contribution in [-0.4, -0.2) is 71.2 Å². The van der Waals surface area contributed by atoms with Crippen LogP contribution in [0.25, 0.3) is 0 Å². The van der Waals surface area contributed by atoms with Crippen LogP contribution < -0.4 is 10.6 Å². The molecule has 156 valence electrons. The molecule has 0 aromatic rings. The van der Waals surface area contributed by atoms with Crippen LogP contribution in [0, 0.1) is 5.41 Å². The van der Waals surface area contributed by atoms with Crippen LogP contribution in [0.15, 0.2) is 0 Å². The number of imide groups is 1. The highest BCUT2D eigenvalue weighted by Gasteiger charge is 2.55. The molecule has 0 aromatic heterocycles. The van der Waals surface area contributed by atoms with Crippen LogP contribution in [0.3, 0.4) is 0 Å². The lowest BCUT2D eigenvalue weighted by atomic mass is 9.76. The SMILES string of the molecule is CC(C)(C)OC(=O)N1CC2(CCCC2)CCC1CN1CC2(C1)NC(=O)NC2=O. The van der Waals surface area contributed by atoms with Gasteiger partial charge in [-0.25, -0.2) is 9.59 Å². The van der Waals surface area contributed by atoms with E-state index in [1.54, 1.807) is 0 Å². The van der Waals surface area contributed by atoms with E-state index in [-0.39, 0.29) is 23.5 Å². The standard InChI is InChI=1S/C20H32N4O4/c1-18(2,3)28-17(27)24-11-19(7-4-5-8-19)9-6-14(24)10-23-12-20(13-23)15(25)21-16(26)22-20/h14H,4-13H2,1-3H3,(H2,21,22,25,26). The molecule has 3 saturated heterocycles. The number of nitrogens with zero attached hydrogens (tertiary/aromatic N) is 2. The number of nitrogens with one attached hydrogen (secondary N) is 2. The molecule has 1 atom stereocenters. The summed E-state index contributed by atoms with van der Waals surface area (Å²) in [5, 5.41) is 5.06. The Balaban J connectivity index is 1.42. The van der Waals surface area contributed by atoms with Gasteiger partial charge in [-0.05, 0) is 51.9 Å². The number of ether oxygens (including phenoxy) is 1. The van der Waals surface area contributed by atoms with E-state index in [4.69, 9.17) is 4.74 Å². The lowest BCUT2D eigenvalue weighted by molar-refractivity contribution is -0.130. The highest BCUT2D eigenvalue weighted by atomic mass is 16.6. The van der Waals surface area contributed by atoms with Gasteiger partial charge in [0.2, 0.25) is 0 Å². The van der Waals surface area contributed by atoms with Crippen molar-refractivity contribution in [1.29, 1.82) is 0 Å². The largest absolute Gasteiger partial charge is 0.444 e. The van der Waals surface area contributed by atoms with Crippen molar-refractivity contribution in [3.8, 4) is 0 Å². The third-order valence-electron chi connectivity index (χ3n) is 6.72. The number of carbonyl (C=O) groups excluding carboxylic acids is 3. The van der Waals surface area contributed by atoms with E-state index in [1.807, 2.05) is 25.7 Å². The maximum Gasteiger partial charge on any atom is 0.410 e. The monoisotopic (exact) mass is 392 g/mol. The zero-order valence-electron chi connectivity index (χ0n) is 17.2. The maximum absolute atomic E-state index is 13.0. The minimum atomic E-state index is -0.783. The molecule has 3 heterocycles. The molecule has 2 N–H and O–H groups in total. The molecule has 4 aliphatic rings. The Hall–Kier alpha value is -1.83. The smallest absolute Gasteiger partial charge is 0.410 e. The van der Waals surface area contributed by atoms with Crippen molar-refractivity contribution in [2.45, 2.75) is 76.5 Å². The predicted molar refractivity (Wildman–Crippen MR) is 103 cm³/mol. The lowest BCUT2D eigenvalue weighted by Crippen LogP contribution is -2.72. The first-order valence-electron chi connectivity index (χ1n) is 10.5. The van der Waals surface area contributed by atoms with E-state index in [1.165, 1.54) is 25.7 Å². The minimum absolute atomic E-state index is 0.0820. The molecule has 8 heteroatoms. The first-order valence-corrected chi connectivity index (χ1v) is 10.5. The number of likely N-dealkylation sites (tertiary alicyclic amines) is 2. The highest BCUT2D eigenvalue weighted by molar-refractivity contribution is 6.08. The molecule has 4 fully saturated rings. The van der Waals surface area contributed by atoms with Gasteiger partial charge in [0.05, 0.1) is 0 Å². The Kier molecular flexibility index (Phi) is 4.60. The molecule has 8 nitrogen and oxygen atoms in total. The van der Waals surface area contributed by atoms with Gasteiger partial charge in [-0.2, -0.15) is 0 Å². The van der Waals surface area contributed by atoms with E-state index in [9.17, 15) is 14.4 Å². The molecule has 0 aromatic carbocycles. The first-order chi connectivity index (χ1) is 13.1. The summed E-state index contributed by atoms with van der Waals surface area (Å²) in [6.07, 6.45) is 6.75. The second-order valence-electron chi connectivity index (χ2n) is 10.2. The van der Waals surface area contributed by atoms with Crippen molar-refractivity contribution >= 4 is 18.0 Å². The summed E-state index contributed by atoms with van der Waals surface area (Å²) in [6, 6.07) is -0.334. The van der Waals surface area contributed by atoms with Gasteiger partial charge in [0.15, 0.2) is 0 Å². The van der Waals surface area contributed by atoms with E-state index < -0.39 is 17.2 Å². The topological polar surface area (TPSA) is 91.0 Å². The Labute approximate surface area is 166 Å². The number of carbonyl (C=O) groups is 3. The lowest BCUT2D eigenvalue weighted by Gasteiger charge is -2.51. The van der Waals surface area contributed by atoms with Crippen molar-refractivity contribution in [1.82, 2.24) is 20.4 Å². The van der Waals surface area contributed by atoms with E-state index in [2.05, 4.69) is 15.5 Å². The average Bonchev–Trinajstić information content (AvgIpc) is 3.11. The third kappa shape index (κ3) is 3.58. The van der Waals surface area contributed by atoms with Crippen molar-refractivity contribution in [3.05, 3.63) is 0 Å². The Morgan fingerprint density at radius 1 is 1.14 bits per heavy atom. The summed E-state index contributed by atoms with van der Waals surface area (Å²) in [4.78, 5) is 40.5. The Morgan fingerprint density at radius 2 is 1.82 bits per heavy atom. The van der Waals surface area contributed by atoms with Gasteiger partial charge in [0.1, 0.15) is 11.1 Å². The molecule has 1 aliphatic carbocycles. The molecule has 4 rings (SSSR count). The molecular formula is C20H32N4O4.